The topological polar surface area (TPSA) is 147 Å². The summed E-state index contributed by atoms with van der Waals surface area (Å²) in [5, 5.41) is 22.0. The fourth-order valence-corrected chi connectivity index (χ4v) is 9.25. The number of ether oxygens (including phenoxy) is 1. The van der Waals surface area contributed by atoms with Crippen LogP contribution in [0.1, 0.15) is 24.3 Å². The zero-order chi connectivity index (χ0) is 37.9. The Hall–Kier alpha value is -4.61. The largest absolute Gasteiger partial charge is 0.503 e. The number of allylic oxidation sites excluding steroid dienone is 2. The van der Waals surface area contributed by atoms with Gasteiger partial charge in [0.2, 0.25) is 17.6 Å². The van der Waals surface area contributed by atoms with Crippen LogP contribution in [0.4, 0.5) is 39.0 Å². The van der Waals surface area contributed by atoms with Gasteiger partial charge in [0, 0.05) is 18.1 Å². The summed E-state index contributed by atoms with van der Waals surface area (Å²) >= 11 is 17.4. The molecule has 2 saturated heterocycles. The minimum absolute atomic E-state index is 0.0105. The molecule has 2 aliphatic carbocycles. The number of non-ortho nitro benzene ring substituents is 1. The number of hydrogen-bond acceptors (Lipinski definition) is 8. The number of amides is 4. The number of phenolic OH excluding ortho intramolecular Hbond substituents is 1. The first-order valence-electron chi connectivity index (χ1n) is 15.1. The Kier molecular flexibility index (Phi) is 8.23. The number of carbonyl (C=O) groups is 4. The highest BCUT2D eigenvalue weighted by atomic mass is 79.9. The van der Waals surface area contributed by atoms with Crippen LogP contribution in [-0.4, -0.2) is 50.5 Å². The van der Waals surface area contributed by atoms with Gasteiger partial charge in [-0.2, -0.15) is 0 Å². The summed E-state index contributed by atoms with van der Waals surface area (Å²) in [7, 11) is 1.18. The van der Waals surface area contributed by atoms with Gasteiger partial charge in [-0.1, -0.05) is 17.7 Å². The van der Waals surface area contributed by atoms with Gasteiger partial charge in [-0.15, -0.1) is 23.2 Å². The molecule has 1 N–H and O–H groups in total. The van der Waals surface area contributed by atoms with Crippen LogP contribution in [0.15, 0.2) is 52.5 Å². The highest BCUT2D eigenvalue weighted by Gasteiger charge is 2.77. The van der Waals surface area contributed by atoms with Crippen molar-refractivity contribution in [2.75, 3.05) is 16.9 Å². The van der Waals surface area contributed by atoms with Crippen LogP contribution in [0, 0.1) is 57.0 Å². The summed E-state index contributed by atoms with van der Waals surface area (Å²) < 4.78 is 78.7. The van der Waals surface area contributed by atoms with Gasteiger partial charge in [0.25, 0.3) is 17.5 Å². The lowest BCUT2D eigenvalue weighted by Crippen LogP contribution is -2.60. The maximum absolute atomic E-state index is 15.2. The third kappa shape index (κ3) is 4.54. The molecule has 4 aliphatic rings. The van der Waals surface area contributed by atoms with Crippen molar-refractivity contribution in [2.24, 2.45) is 17.8 Å². The Morgan fingerprint density at radius 2 is 1.56 bits per heavy atom. The third-order valence-corrected chi connectivity index (χ3v) is 12.1. The predicted octanol–water partition coefficient (Wildman–Crippen LogP) is 6.54. The molecule has 0 bridgehead atoms. The van der Waals surface area contributed by atoms with E-state index < -0.39 is 115 Å². The maximum atomic E-state index is 15.2. The van der Waals surface area contributed by atoms with E-state index in [9.17, 15) is 47.6 Å². The van der Waals surface area contributed by atoms with Crippen molar-refractivity contribution in [2.45, 2.75) is 28.5 Å². The molecule has 11 nitrogen and oxygen atoms in total. The number of phenols is 1. The van der Waals surface area contributed by atoms with Crippen LogP contribution in [0.5, 0.6) is 11.5 Å². The lowest BCUT2D eigenvalue weighted by atomic mass is 9.56. The summed E-state index contributed by atoms with van der Waals surface area (Å²) in [6, 6.07) is 7.18. The molecule has 3 fully saturated rings. The summed E-state index contributed by atoms with van der Waals surface area (Å²) in [5.74, 6) is -23.4. The fourth-order valence-electron chi connectivity index (χ4n) is 7.86. The average molecular weight is 831 g/mol. The lowest BCUT2D eigenvalue weighted by molar-refractivity contribution is -0.384. The van der Waals surface area contributed by atoms with E-state index in [1.54, 1.807) is 0 Å². The molecule has 0 radical (unpaired) electrons. The Bertz CT molecular complexity index is 2220. The van der Waals surface area contributed by atoms with Crippen molar-refractivity contribution in [3.63, 3.8) is 0 Å². The summed E-state index contributed by atoms with van der Waals surface area (Å²) in [6.07, 6.45) is 0.562. The molecule has 19 heteroatoms. The number of nitro benzene ring substituents is 1. The molecule has 7 rings (SSSR count). The van der Waals surface area contributed by atoms with E-state index in [-0.39, 0.29) is 38.4 Å². The molecule has 3 aromatic carbocycles. The van der Waals surface area contributed by atoms with Crippen LogP contribution in [0.2, 0.25) is 0 Å². The van der Waals surface area contributed by atoms with E-state index in [1.165, 1.54) is 37.5 Å². The second kappa shape index (κ2) is 12.0. The Morgan fingerprint density at radius 3 is 2.17 bits per heavy atom. The van der Waals surface area contributed by atoms with Gasteiger partial charge in [0.05, 0.1) is 34.0 Å². The Labute approximate surface area is 306 Å². The van der Waals surface area contributed by atoms with Crippen LogP contribution in [-0.2, 0) is 19.2 Å². The van der Waals surface area contributed by atoms with Gasteiger partial charge in [-0.05, 0) is 58.5 Å². The number of hydrogen-bond donors (Lipinski definition) is 1. The van der Waals surface area contributed by atoms with Crippen LogP contribution < -0.4 is 14.5 Å². The number of anilines is 2. The van der Waals surface area contributed by atoms with Crippen molar-refractivity contribution < 1.29 is 55.9 Å². The highest BCUT2D eigenvalue weighted by Crippen LogP contribution is 2.66. The summed E-state index contributed by atoms with van der Waals surface area (Å²) in [6.45, 7) is 0. The Balaban J connectivity index is 1.44. The number of rotatable bonds is 5. The van der Waals surface area contributed by atoms with E-state index in [0.29, 0.717) is 0 Å². The minimum Gasteiger partial charge on any atom is -0.503 e. The molecular weight excluding hydrogens is 812 g/mol. The zero-order valence-electron chi connectivity index (χ0n) is 25.9. The van der Waals surface area contributed by atoms with E-state index in [1.807, 2.05) is 0 Å². The summed E-state index contributed by atoms with van der Waals surface area (Å²) in [5.41, 5.74) is -2.34. The van der Waals surface area contributed by atoms with E-state index in [0.717, 1.165) is 17.0 Å². The number of methoxy groups -OCH3 is 1. The zero-order valence-corrected chi connectivity index (χ0v) is 29.0. The van der Waals surface area contributed by atoms with Gasteiger partial charge in [-0.3, -0.25) is 29.3 Å². The van der Waals surface area contributed by atoms with Crippen molar-refractivity contribution in [1.29, 1.82) is 0 Å². The number of nitrogens with zero attached hydrogens (tertiary/aromatic N) is 3. The highest BCUT2D eigenvalue weighted by molar-refractivity contribution is 9.10. The number of imide groups is 2. The Morgan fingerprint density at radius 1 is 0.923 bits per heavy atom. The first-order valence-corrected chi connectivity index (χ1v) is 16.6. The van der Waals surface area contributed by atoms with Crippen LogP contribution in [0.3, 0.4) is 0 Å². The van der Waals surface area contributed by atoms with Gasteiger partial charge >= 0.3 is 0 Å². The van der Waals surface area contributed by atoms with Gasteiger partial charge < -0.3 is 9.84 Å². The van der Waals surface area contributed by atoms with E-state index in [4.69, 9.17) is 27.9 Å². The first-order chi connectivity index (χ1) is 24.4. The molecule has 270 valence electrons. The maximum Gasteiger partial charge on any atom is 0.271 e. The molecule has 52 heavy (non-hydrogen) atoms. The van der Waals surface area contributed by atoms with E-state index in [2.05, 4.69) is 15.9 Å². The van der Waals surface area contributed by atoms with Crippen LogP contribution in [0.25, 0.3) is 0 Å². The van der Waals surface area contributed by atoms with Gasteiger partial charge in [0.1, 0.15) is 5.69 Å². The molecular formula is C33H19BrCl2F5N3O8. The molecule has 6 atom stereocenters. The molecule has 1 saturated carbocycles. The number of aromatic hydroxyl groups is 1. The van der Waals surface area contributed by atoms with Crippen LogP contribution >= 0.6 is 39.1 Å². The second-order valence-corrected chi connectivity index (χ2v) is 14.6. The molecule has 0 spiro atoms. The molecule has 0 aromatic heterocycles. The third-order valence-electron chi connectivity index (χ3n) is 10.1. The van der Waals surface area contributed by atoms with Crippen molar-refractivity contribution in [3.05, 3.63) is 97.3 Å². The van der Waals surface area contributed by atoms with Gasteiger partial charge in [0.15, 0.2) is 44.5 Å². The standard InChI is InChI=1S/C33H19BrCl2F5N3O8/c1-52-18-8-11(7-17(34)27(18)45)20-14-5-6-15-19(29(47)42(28(15)46)12-3-2-4-13(9-12)44(50)51)16(14)10-32(35)30(48)43(31(49)33(20,32)36)26-24(40)22(38)21(37)23(39)25(26)41/h2-5,7-9,15-16,19-20,45H,6,10H2,1H3/t15-,16+,19-,20-,32+,33-/m0/s1. The minimum atomic E-state index is -2.80. The number of alkyl halides is 2. The first kappa shape index (κ1) is 35.8. The molecule has 4 amide bonds. The van der Waals surface area contributed by atoms with E-state index >= 15 is 8.78 Å². The van der Waals surface area contributed by atoms with Gasteiger partial charge in [-0.25, -0.2) is 31.8 Å². The summed E-state index contributed by atoms with van der Waals surface area (Å²) in [4.78, 5) is 62.4. The number of halogens is 8. The molecule has 2 heterocycles. The molecule has 0 unspecified atom stereocenters. The number of carbonyl (C=O) groups excluding carboxylic acids is 4. The van der Waals surface area contributed by atoms with Crippen molar-refractivity contribution in [1.82, 2.24) is 0 Å². The quantitative estimate of drug-likeness (QED) is 0.0446. The lowest BCUT2D eigenvalue weighted by Gasteiger charge is -2.50. The average Bonchev–Trinajstić information content (AvgIpc) is 3.45. The SMILES string of the molecule is COc1cc([C@H]2C3=CC[C@@H]4C(=O)N(c5cccc([N+](=O)[O-])c5)C(=O)[C@@H]4[C@@H]3C[C@@]3(Cl)C(=O)N(c4c(F)c(F)c(F)c(F)c4F)C(=O)[C@@]23Cl)cc(Br)c1O. The molecule has 3 aromatic rings. The normalized spacial score (nSPS) is 28.1. The smallest absolute Gasteiger partial charge is 0.271 e. The number of nitro groups is 1. The van der Waals surface area contributed by atoms with Crippen molar-refractivity contribution in [3.8, 4) is 11.5 Å². The second-order valence-electron chi connectivity index (χ2n) is 12.5. The monoisotopic (exact) mass is 829 g/mol. The number of benzene rings is 3. The fraction of sp³-hybridized carbons (Fsp3) is 0.273. The number of fused-ring (bicyclic) bond motifs is 4. The van der Waals surface area contributed by atoms with Crippen molar-refractivity contribution >= 4 is 79.8 Å². The predicted molar refractivity (Wildman–Crippen MR) is 174 cm³/mol. The molecule has 2 aliphatic heterocycles.